The molecule has 0 spiro atoms. The molecule has 0 atom stereocenters. The third-order valence-corrected chi connectivity index (χ3v) is 6.91. The quantitative estimate of drug-likeness (QED) is 0.0727. The van der Waals surface area contributed by atoms with E-state index in [1.54, 1.807) is 12.1 Å². The number of rotatable bonds is 21. The van der Waals surface area contributed by atoms with Crippen LogP contribution in [0.25, 0.3) is 0 Å². The average Bonchev–Trinajstić information content (AvgIpc) is 3.01. The number of carbonyl (C=O) groups excluding carboxylic acids is 3. The molecule has 9 N–H and O–H groups in total. The zero-order valence-corrected chi connectivity index (χ0v) is 26.7. The number of unbranched alkanes of at least 4 members (excludes halogenated alkanes) is 1. The highest BCUT2D eigenvalue weighted by molar-refractivity contribution is 5.80. The number of nitrogens with two attached hydrogens (primary N) is 1. The molecule has 0 aliphatic heterocycles. The minimum Gasteiger partial charge on any atom is -0.504 e. The van der Waals surface area contributed by atoms with Crippen molar-refractivity contribution in [2.45, 2.75) is 71.1 Å². The number of benzene rings is 2. The van der Waals surface area contributed by atoms with Crippen LogP contribution in [-0.4, -0.2) is 93.3 Å². The Morgan fingerprint density at radius 2 is 1.26 bits per heavy atom. The molecule has 0 aliphatic carbocycles. The van der Waals surface area contributed by atoms with Gasteiger partial charge in [0.05, 0.1) is 6.42 Å². The van der Waals surface area contributed by atoms with Crippen molar-refractivity contribution in [1.29, 1.82) is 0 Å². The van der Waals surface area contributed by atoms with Crippen molar-refractivity contribution in [1.82, 2.24) is 15.5 Å². The van der Waals surface area contributed by atoms with Gasteiger partial charge in [-0.1, -0.05) is 12.1 Å². The lowest BCUT2D eigenvalue weighted by Crippen LogP contribution is -2.34. The van der Waals surface area contributed by atoms with E-state index in [2.05, 4.69) is 10.6 Å². The summed E-state index contributed by atoms with van der Waals surface area (Å²) in [5.74, 6) is -1.71. The molecule has 13 nitrogen and oxygen atoms in total. The first-order valence-corrected chi connectivity index (χ1v) is 15.6. The molecule has 0 fully saturated rings. The number of carboxylic acid groups (broad SMARTS) is 1. The molecular formula is C33H50N4O9. The van der Waals surface area contributed by atoms with Gasteiger partial charge in [0.1, 0.15) is 5.78 Å². The largest absolute Gasteiger partial charge is 0.504 e. The van der Waals surface area contributed by atoms with Crippen LogP contribution in [-0.2, 0) is 32.0 Å². The number of nitrogens with one attached hydrogen (secondary N) is 2. The van der Waals surface area contributed by atoms with Crippen molar-refractivity contribution < 1.29 is 44.7 Å². The molecule has 0 aromatic heterocycles. The van der Waals surface area contributed by atoms with Crippen molar-refractivity contribution in [3.63, 3.8) is 0 Å². The summed E-state index contributed by atoms with van der Waals surface area (Å²) in [6.07, 6.45) is 5.06. The first-order valence-electron chi connectivity index (χ1n) is 15.6. The molecule has 2 rings (SSSR count). The zero-order valence-electron chi connectivity index (χ0n) is 26.7. The van der Waals surface area contributed by atoms with E-state index in [9.17, 15) is 39.6 Å². The molecule has 256 valence electrons. The number of hydrogen-bond donors (Lipinski definition) is 8. The zero-order chi connectivity index (χ0) is 34.3. The van der Waals surface area contributed by atoms with E-state index in [0.29, 0.717) is 51.9 Å². The molecule has 0 radical (unpaired) electrons. The van der Waals surface area contributed by atoms with Crippen molar-refractivity contribution in [3.05, 3.63) is 47.5 Å². The maximum absolute atomic E-state index is 12.7. The standard InChI is InChI=1S/C28H42N4O6.C5H8O3/c29-13-3-18-32(28(38)12-8-22-6-10-24(34)26(36)20-22)17-2-1-14-30-15-4-16-31-27(37)11-7-21-5-9-23(33)25(35)19-21;1-4(6)2-3-5(7)8/h5-6,9-10,19-20,30,33-36H,1-4,7-8,11-18,29H2,(H,31,37);2-3H2,1H3,(H,7,8). The average molecular weight is 647 g/mol. The Morgan fingerprint density at radius 1 is 0.696 bits per heavy atom. The Hall–Kier alpha value is -4.36. The van der Waals surface area contributed by atoms with Crippen LogP contribution in [0.1, 0.15) is 69.4 Å². The first kappa shape index (κ1) is 39.7. The predicted molar refractivity (Wildman–Crippen MR) is 174 cm³/mol. The molecule has 2 aromatic carbocycles. The van der Waals surface area contributed by atoms with Gasteiger partial charge in [0, 0.05) is 38.9 Å². The van der Waals surface area contributed by atoms with Crippen LogP contribution < -0.4 is 16.4 Å². The summed E-state index contributed by atoms with van der Waals surface area (Å²) in [5.41, 5.74) is 7.22. The van der Waals surface area contributed by atoms with Crippen LogP contribution in [0, 0.1) is 0 Å². The Bertz CT molecular complexity index is 1230. The molecule has 0 aliphatic rings. The first-order chi connectivity index (χ1) is 21.9. The Kier molecular flexibility index (Phi) is 19.9. The van der Waals surface area contributed by atoms with Crippen LogP contribution in [0.2, 0.25) is 0 Å². The number of carbonyl (C=O) groups is 4. The lowest BCUT2D eigenvalue weighted by Gasteiger charge is -2.23. The minimum absolute atomic E-state index is 0.0463. The van der Waals surface area contributed by atoms with Crippen LogP contribution in [0.5, 0.6) is 23.0 Å². The van der Waals surface area contributed by atoms with E-state index < -0.39 is 5.97 Å². The highest BCUT2D eigenvalue weighted by atomic mass is 16.4. The molecule has 0 unspecified atom stereocenters. The van der Waals surface area contributed by atoms with Gasteiger partial charge in [-0.15, -0.1) is 0 Å². The smallest absolute Gasteiger partial charge is 0.303 e. The fraction of sp³-hybridized carbons (Fsp3) is 0.515. The summed E-state index contributed by atoms with van der Waals surface area (Å²) in [6, 6.07) is 9.17. The summed E-state index contributed by atoms with van der Waals surface area (Å²) in [6.45, 7) is 5.36. The van der Waals surface area contributed by atoms with Gasteiger partial charge in [-0.2, -0.15) is 0 Å². The third-order valence-electron chi connectivity index (χ3n) is 6.91. The summed E-state index contributed by atoms with van der Waals surface area (Å²) in [5, 5.41) is 52.2. The molecule has 0 saturated heterocycles. The monoisotopic (exact) mass is 646 g/mol. The van der Waals surface area contributed by atoms with Crippen LogP contribution >= 0.6 is 0 Å². The summed E-state index contributed by atoms with van der Waals surface area (Å²) < 4.78 is 0. The normalized spacial score (nSPS) is 10.5. The number of hydrogen-bond acceptors (Lipinski definition) is 10. The van der Waals surface area contributed by atoms with E-state index in [1.807, 2.05) is 4.90 Å². The number of phenols is 4. The number of ketones is 1. The summed E-state index contributed by atoms with van der Waals surface area (Å²) in [7, 11) is 0. The van der Waals surface area contributed by atoms with E-state index in [-0.39, 0.29) is 53.4 Å². The minimum atomic E-state index is -0.916. The van der Waals surface area contributed by atoms with Gasteiger partial charge in [-0.05, 0) is 100 Å². The van der Waals surface area contributed by atoms with Crippen LogP contribution in [0.15, 0.2) is 36.4 Å². The van der Waals surface area contributed by atoms with Crippen molar-refractivity contribution in [3.8, 4) is 23.0 Å². The topological polar surface area (TPSA) is 223 Å². The Balaban J connectivity index is 0.00000116. The van der Waals surface area contributed by atoms with Gasteiger partial charge in [-0.3, -0.25) is 14.4 Å². The fourth-order valence-corrected chi connectivity index (χ4v) is 4.25. The number of phenolic OH excluding ortho intramolecular Hbond substituents is 4. The van der Waals surface area contributed by atoms with Crippen molar-refractivity contribution in [2.75, 3.05) is 39.3 Å². The predicted octanol–water partition coefficient (Wildman–Crippen LogP) is 2.57. The van der Waals surface area contributed by atoms with Crippen molar-refractivity contribution >= 4 is 23.6 Å². The summed E-state index contributed by atoms with van der Waals surface area (Å²) >= 11 is 0. The lowest BCUT2D eigenvalue weighted by atomic mass is 10.1. The summed E-state index contributed by atoms with van der Waals surface area (Å²) in [4.78, 5) is 46.4. The lowest BCUT2D eigenvalue weighted by molar-refractivity contribution is -0.138. The molecule has 46 heavy (non-hydrogen) atoms. The van der Waals surface area contributed by atoms with E-state index in [4.69, 9.17) is 10.8 Å². The molecule has 0 saturated carbocycles. The molecule has 2 amide bonds. The molecule has 2 aromatic rings. The van der Waals surface area contributed by atoms with Gasteiger partial charge in [0.2, 0.25) is 11.8 Å². The van der Waals surface area contributed by atoms with E-state index >= 15 is 0 Å². The van der Waals surface area contributed by atoms with Crippen LogP contribution in [0.3, 0.4) is 0 Å². The third kappa shape index (κ3) is 18.4. The molecular weight excluding hydrogens is 596 g/mol. The number of carboxylic acids is 1. The van der Waals surface area contributed by atoms with Gasteiger partial charge in [-0.25, -0.2) is 0 Å². The Morgan fingerprint density at radius 3 is 1.78 bits per heavy atom. The number of aromatic hydroxyl groups is 4. The second-order valence-corrected chi connectivity index (χ2v) is 10.9. The molecule has 0 bridgehead atoms. The highest BCUT2D eigenvalue weighted by Crippen LogP contribution is 2.26. The van der Waals surface area contributed by atoms with Gasteiger partial charge < -0.3 is 51.6 Å². The number of aliphatic carboxylic acids is 1. The molecule has 13 heteroatoms. The van der Waals surface area contributed by atoms with Crippen LogP contribution in [0.4, 0.5) is 0 Å². The second-order valence-electron chi connectivity index (χ2n) is 10.9. The number of amides is 2. The van der Waals surface area contributed by atoms with Gasteiger partial charge in [0.15, 0.2) is 23.0 Å². The van der Waals surface area contributed by atoms with Gasteiger partial charge in [0.25, 0.3) is 0 Å². The maximum atomic E-state index is 12.7. The SMILES string of the molecule is CC(=O)CCC(=O)O.NCCCN(CCCCNCCCNC(=O)CCc1ccc(O)c(O)c1)C(=O)CCc1ccc(O)c(O)c1. The van der Waals surface area contributed by atoms with E-state index in [0.717, 1.165) is 49.9 Å². The highest BCUT2D eigenvalue weighted by Gasteiger charge is 2.13. The number of nitrogens with zero attached hydrogens (tertiary/aromatic N) is 1. The van der Waals surface area contributed by atoms with Crippen molar-refractivity contribution in [2.24, 2.45) is 5.73 Å². The Labute approximate surface area is 270 Å². The van der Waals surface area contributed by atoms with Gasteiger partial charge >= 0.3 is 5.97 Å². The number of aryl methyl sites for hydroxylation is 2. The fourth-order valence-electron chi connectivity index (χ4n) is 4.25. The van der Waals surface area contributed by atoms with E-state index in [1.165, 1.54) is 31.2 Å². The molecule has 0 heterocycles. The second kappa shape index (κ2) is 23.0. The number of Topliss-reactive ketones (excluding diaryl/α,β-unsaturated/α-hetero) is 1. The maximum Gasteiger partial charge on any atom is 0.303 e.